The summed E-state index contributed by atoms with van der Waals surface area (Å²) in [4.78, 5) is 4.85. The van der Waals surface area contributed by atoms with E-state index in [1.807, 2.05) is 18.2 Å². The predicted octanol–water partition coefficient (Wildman–Crippen LogP) is 3.81. The molecule has 1 unspecified atom stereocenters. The molecular weight excluding hydrogens is 270 g/mol. The Labute approximate surface area is 125 Å². The summed E-state index contributed by atoms with van der Waals surface area (Å²) in [6.45, 7) is 6.70. The van der Waals surface area contributed by atoms with Crippen LogP contribution in [0, 0.1) is 5.92 Å². The van der Waals surface area contributed by atoms with Gasteiger partial charge in [-0.05, 0) is 63.9 Å². The van der Waals surface area contributed by atoms with Gasteiger partial charge in [0.15, 0.2) is 0 Å². The smallest absolute Gasteiger partial charge is 0.110 e. The van der Waals surface area contributed by atoms with Crippen LogP contribution in [-0.2, 0) is 6.42 Å². The summed E-state index contributed by atoms with van der Waals surface area (Å²) in [5.41, 5.74) is 2.22. The zero-order valence-corrected chi connectivity index (χ0v) is 13.0. The number of rotatable bonds is 3. The van der Waals surface area contributed by atoms with Gasteiger partial charge in [-0.15, -0.1) is 0 Å². The molecule has 1 fully saturated rings. The number of hydrogen-bond acceptors (Lipinski definition) is 2. The van der Waals surface area contributed by atoms with E-state index in [1.165, 1.54) is 18.7 Å². The number of halogens is 1. The van der Waals surface area contributed by atoms with Crippen LogP contribution >= 0.6 is 11.6 Å². The molecule has 20 heavy (non-hydrogen) atoms. The fourth-order valence-electron chi connectivity index (χ4n) is 3.19. The maximum absolute atomic E-state index is 6.15. The van der Waals surface area contributed by atoms with E-state index in [1.54, 1.807) is 0 Å². The number of fused-ring (bicyclic) bond motifs is 1. The minimum Gasteiger partial charge on any atom is -0.325 e. The predicted molar refractivity (Wildman–Crippen MR) is 84.4 cm³/mol. The average molecular weight is 292 g/mol. The van der Waals surface area contributed by atoms with E-state index in [0.717, 1.165) is 35.6 Å². The molecule has 2 aromatic rings. The first-order valence-corrected chi connectivity index (χ1v) is 7.90. The van der Waals surface area contributed by atoms with Gasteiger partial charge in [0, 0.05) is 17.5 Å². The van der Waals surface area contributed by atoms with Gasteiger partial charge >= 0.3 is 0 Å². The molecule has 1 aliphatic rings. The van der Waals surface area contributed by atoms with Gasteiger partial charge in [-0.1, -0.05) is 11.6 Å². The molecule has 3 nitrogen and oxygen atoms in total. The van der Waals surface area contributed by atoms with Crippen LogP contribution in [-0.4, -0.2) is 22.6 Å². The van der Waals surface area contributed by atoms with Crippen LogP contribution in [0.5, 0.6) is 0 Å². The van der Waals surface area contributed by atoms with Crippen LogP contribution < -0.4 is 5.32 Å². The van der Waals surface area contributed by atoms with E-state index in [0.29, 0.717) is 12.0 Å². The lowest BCUT2D eigenvalue weighted by molar-refractivity contribution is 0.364. The van der Waals surface area contributed by atoms with Crippen molar-refractivity contribution >= 4 is 22.6 Å². The Morgan fingerprint density at radius 3 is 3.00 bits per heavy atom. The van der Waals surface area contributed by atoms with Crippen molar-refractivity contribution in [3.05, 3.63) is 29.0 Å². The molecule has 3 rings (SSSR count). The molecule has 1 aliphatic heterocycles. The third-order valence-corrected chi connectivity index (χ3v) is 4.35. The van der Waals surface area contributed by atoms with E-state index in [-0.39, 0.29) is 0 Å². The molecule has 1 aromatic carbocycles. The minimum atomic E-state index is 0.407. The first-order chi connectivity index (χ1) is 9.65. The number of hydrogen-bond donors (Lipinski definition) is 1. The van der Waals surface area contributed by atoms with Crippen molar-refractivity contribution in [1.82, 2.24) is 14.9 Å². The first-order valence-electron chi connectivity index (χ1n) is 7.52. The molecule has 0 radical (unpaired) electrons. The van der Waals surface area contributed by atoms with Gasteiger partial charge in [0.05, 0.1) is 11.0 Å². The maximum atomic E-state index is 6.15. The van der Waals surface area contributed by atoms with Gasteiger partial charge in [0.2, 0.25) is 0 Å². The number of nitrogens with one attached hydrogen (secondary N) is 1. The summed E-state index contributed by atoms with van der Waals surface area (Å²) in [7, 11) is 0. The number of aromatic nitrogens is 2. The van der Waals surface area contributed by atoms with Crippen molar-refractivity contribution in [1.29, 1.82) is 0 Å². The third kappa shape index (κ3) is 2.70. The highest BCUT2D eigenvalue weighted by Crippen LogP contribution is 2.26. The Balaban J connectivity index is 1.98. The van der Waals surface area contributed by atoms with Crippen LogP contribution in [0.1, 0.15) is 38.6 Å². The molecule has 2 heterocycles. The van der Waals surface area contributed by atoms with Crippen LogP contribution in [0.2, 0.25) is 5.02 Å². The van der Waals surface area contributed by atoms with Crippen LogP contribution in [0.3, 0.4) is 0 Å². The largest absolute Gasteiger partial charge is 0.325 e. The summed E-state index contributed by atoms with van der Waals surface area (Å²) in [5, 5.41) is 4.27. The normalized spacial score (nSPS) is 19.9. The molecular formula is C16H22ClN3. The minimum absolute atomic E-state index is 0.407. The molecule has 0 aliphatic carbocycles. The molecule has 0 saturated carbocycles. The number of nitrogens with zero attached hydrogens (tertiary/aromatic N) is 2. The fourth-order valence-corrected chi connectivity index (χ4v) is 3.36. The first kappa shape index (κ1) is 13.9. The van der Waals surface area contributed by atoms with Crippen molar-refractivity contribution < 1.29 is 0 Å². The molecule has 108 valence electrons. The molecule has 0 bridgehead atoms. The molecule has 1 aromatic heterocycles. The van der Waals surface area contributed by atoms with E-state index >= 15 is 0 Å². The zero-order valence-electron chi connectivity index (χ0n) is 12.2. The third-order valence-electron chi connectivity index (χ3n) is 4.11. The molecule has 1 saturated heterocycles. The number of benzene rings is 1. The Hall–Kier alpha value is -1.06. The second kappa shape index (κ2) is 5.74. The molecule has 1 atom stereocenters. The lowest BCUT2D eigenvalue weighted by atomic mass is 9.96. The van der Waals surface area contributed by atoms with Crippen molar-refractivity contribution in [3.8, 4) is 0 Å². The van der Waals surface area contributed by atoms with Crippen molar-refractivity contribution in [3.63, 3.8) is 0 Å². The average Bonchev–Trinajstić information content (AvgIpc) is 2.77. The van der Waals surface area contributed by atoms with Crippen molar-refractivity contribution in [2.45, 2.75) is 39.2 Å². The van der Waals surface area contributed by atoms with Crippen molar-refractivity contribution in [2.24, 2.45) is 5.92 Å². The molecule has 0 amide bonds. The summed E-state index contributed by atoms with van der Waals surface area (Å²) in [6.07, 6.45) is 3.63. The molecule has 4 heteroatoms. The summed E-state index contributed by atoms with van der Waals surface area (Å²) in [6, 6.07) is 6.39. The summed E-state index contributed by atoms with van der Waals surface area (Å²) >= 11 is 6.15. The lowest BCUT2D eigenvalue weighted by Gasteiger charge is -2.23. The quantitative estimate of drug-likeness (QED) is 0.932. The highest BCUT2D eigenvalue weighted by Gasteiger charge is 2.19. The number of imidazole rings is 1. The van der Waals surface area contributed by atoms with Gasteiger partial charge in [-0.25, -0.2) is 4.98 Å². The van der Waals surface area contributed by atoms with Gasteiger partial charge in [0.1, 0.15) is 5.82 Å². The Bertz CT molecular complexity index is 597. The van der Waals surface area contributed by atoms with Crippen LogP contribution in [0.4, 0.5) is 0 Å². The van der Waals surface area contributed by atoms with E-state index in [2.05, 4.69) is 23.7 Å². The topological polar surface area (TPSA) is 29.9 Å². The van der Waals surface area contributed by atoms with Gasteiger partial charge in [0.25, 0.3) is 0 Å². The van der Waals surface area contributed by atoms with Gasteiger partial charge in [-0.2, -0.15) is 0 Å². The Kier molecular flexibility index (Phi) is 3.99. The monoisotopic (exact) mass is 291 g/mol. The highest BCUT2D eigenvalue weighted by atomic mass is 35.5. The van der Waals surface area contributed by atoms with Crippen LogP contribution in [0.25, 0.3) is 11.0 Å². The zero-order chi connectivity index (χ0) is 14.1. The van der Waals surface area contributed by atoms with Gasteiger partial charge < -0.3 is 9.88 Å². The van der Waals surface area contributed by atoms with Crippen LogP contribution in [0.15, 0.2) is 18.2 Å². The van der Waals surface area contributed by atoms with E-state index in [4.69, 9.17) is 16.6 Å². The highest BCUT2D eigenvalue weighted by molar-refractivity contribution is 6.31. The Morgan fingerprint density at radius 1 is 1.45 bits per heavy atom. The SMILES string of the molecule is CC(C)n1c(CC2CCCNC2)nc2ccc(Cl)cc21. The molecule has 0 spiro atoms. The van der Waals surface area contributed by atoms with Gasteiger partial charge in [-0.3, -0.25) is 0 Å². The maximum Gasteiger partial charge on any atom is 0.110 e. The number of piperidine rings is 1. The lowest BCUT2D eigenvalue weighted by Crippen LogP contribution is -2.31. The fraction of sp³-hybridized carbons (Fsp3) is 0.562. The van der Waals surface area contributed by atoms with E-state index < -0.39 is 0 Å². The second-order valence-electron chi connectivity index (χ2n) is 6.04. The summed E-state index contributed by atoms with van der Waals surface area (Å²) in [5.74, 6) is 1.90. The van der Waals surface area contributed by atoms with Crippen molar-refractivity contribution in [2.75, 3.05) is 13.1 Å². The second-order valence-corrected chi connectivity index (χ2v) is 6.48. The molecule has 1 N–H and O–H groups in total. The standard InChI is InChI=1S/C16H22ClN3/c1-11(2)20-15-9-13(17)5-6-14(15)19-16(20)8-12-4-3-7-18-10-12/h5-6,9,11-12,18H,3-4,7-8,10H2,1-2H3. The summed E-state index contributed by atoms with van der Waals surface area (Å²) < 4.78 is 2.34. The van der Waals surface area contributed by atoms with E-state index in [9.17, 15) is 0 Å². The Morgan fingerprint density at radius 2 is 2.30 bits per heavy atom.